The Labute approximate surface area is 174 Å². The SMILES string of the molecule is O=C(COc1ccc(Cl)cc1Br)NCc1ccc(CN2CCCCC2)cc1. The van der Waals surface area contributed by atoms with Gasteiger partial charge >= 0.3 is 0 Å². The van der Waals surface area contributed by atoms with E-state index in [2.05, 4.69) is 50.4 Å². The number of ether oxygens (including phenoxy) is 1. The van der Waals surface area contributed by atoms with Gasteiger partial charge in [0, 0.05) is 18.1 Å². The third-order valence-corrected chi connectivity index (χ3v) is 5.48. The molecule has 1 amide bonds. The van der Waals surface area contributed by atoms with Gasteiger partial charge in [-0.2, -0.15) is 0 Å². The van der Waals surface area contributed by atoms with Crippen LogP contribution in [0.2, 0.25) is 5.02 Å². The number of hydrogen-bond acceptors (Lipinski definition) is 3. The van der Waals surface area contributed by atoms with Gasteiger partial charge in [-0.05, 0) is 71.2 Å². The van der Waals surface area contributed by atoms with Crippen LogP contribution in [0.5, 0.6) is 5.75 Å². The smallest absolute Gasteiger partial charge is 0.258 e. The van der Waals surface area contributed by atoms with Crippen molar-refractivity contribution in [1.82, 2.24) is 10.2 Å². The molecular formula is C21H24BrClN2O2. The summed E-state index contributed by atoms with van der Waals surface area (Å²) in [5, 5.41) is 3.50. The van der Waals surface area contributed by atoms with Gasteiger partial charge in [0.15, 0.2) is 6.61 Å². The molecule has 0 radical (unpaired) electrons. The highest BCUT2D eigenvalue weighted by molar-refractivity contribution is 9.10. The van der Waals surface area contributed by atoms with E-state index in [1.54, 1.807) is 18.2 Å². The molecule has 144 valence electrons. The molecular weight excluding hydrogens is 428 g/mol. The molecule has 2 aromatic carbocycles. The van der Waals surface area contributed by atoms with Crippen molar-refractivity contribution in [3.8, 4) is 5.75 Å². The van der Waals surface area contributed by atoms with Crippen LogP contribution in [0.1, 0.15) is 30.4 Å². The second-order valence-corrected chi connectivity index (χ2v) is 8.08. The Hall–Kier alpha value is -1.56. The van der Waals surface area contributed by atoms with E-state index in [9.17, 15) is 4.79 Å². The van der Waals surface area contributed by atoms with Crippen LogP contribution in [0.25, 0.3) is 0 Å². The van der Waals surface area contributed by atoms with Gasteiger partial charge in [0.1, 0.15) is 5.75 Å². The minimum Gasteiger partial charge on any atom is -0.483 e. The molecule has 0 spiro atoms. The van der Waals surface area contributed by atoms with Gasteiger partial charge in [-0.25, -0.2) is 0 Å². The summed E-state index contributed by atoms with van der Waals surface area (Å²) in [5.74, 6) is 0.436. The molecule has 0 aromatic heterocycles. The number of piperidine rings is 1. The van der Waals surface area contributed by atoms with E-state index in [-0.39, 0.29) is 12.5 Å². The Morgan fingerprint density at radius 3 is 2.48 bits per heavy atom. The van der Waals surface area contributed by atoms with Crippen LogP contribution in [0.3, 0.4) is 0 Å². The van der Waals surface area contributed by atoms with Gasteiger partial charge in [-0.1, -0.05) is 42.3 Å². The first-order valence-corrected chi connectivity index (χ1v) is 10.4. The topological polar surface area (TPSA) is 41.6 Å². The second kappa shape index (κ2) is 10.1. The van der Waals surface area contributed by atoms with E-state index in [4.69, 9.17) is 16.3 Å². The minimum absolute atomic E-state index is 0.0344. The van der Waals surface area contributed by atoms with E-state index in [0.717, 1.165) is 16.6 Å². The Morgan fingerprint density at radius 2 is 1.78 bits per heavy atom. The number of nitrogens with one attached hydrogen (secondary N) is 1. The van der Waals surface area contributed by atoms with Crippen molar-refractivity contribution in [3.05, 3.63) is 63.1 Å². The van der Waals surface area contributed by atoms with Crippen molar-refractivity contribution in [2.45, 2.75) is 32.4 Å². The Morgan fingerprint density at radius 1 is 1.07 bits per heavy atom. The van der Waals surface area contributed by atoms with Crippen molar-refractivity contribution in [3.63, 3.8) is 0 Å². The molecule has 4 nitrogen and oxygen atoms in total. The van der Waals surface area contributed by atoms with Crippen molar-refractivity contribution < 1.29 is 9.53 Å². The molecule has 0 atom stereocenters. The van der Waals surface area contributed by atoms with Crippen molar-refractivity contribution in [1.29, 1.82) is 0 Å². The molecule has 6 heteroatoms. The molecule has 0 aliphatic carbocycles. The summed E-state index contributed by atoms with van der Waals surface area (Å²) in [4.78, 5) is 14.5. The Balaban J connectivity index is 1.41. The number of benzene rings is 2. The molecule has 0 unspecified atom stereocenters. The lowest BCUT2D eigenvalue weighted by Gasteiger charge is -2.26. The van der Waals surface area contributed by atoms with Crippen LogP contribution < -0.4 is 10.1 Å². The maximum absolute atomic E-state index is 12.0. The summed E-state index contributed by atoms with van der Waals surface area (Å²) in [6.45, 7) is 3.86. The summed E-state index contributed by atoms with van der Waals surface area (Å²) in [5.41, 5.74) is 2.40. The van der Waals surface area contributed by atoms with Crippen molar-refractivity contribution >= 4 is 33.4 Å². The van der Waals surface area contributed by atoms with Crippen LogP contribution in [-0.4, -0.2) is 30.5 Å². The highest BCUT2D eigenvalue weighted by Crippen LogP contribution is 2.27. The van der Waals surface area contributed by atoms with Gasteiger partial charge in [0.2, 0.25) is 0 Å². The van der Waals surface area contributed by atoms with E-state index in [1.165, 1.54) is 37.9 Å². The normalized spacial score (nSPS) is 14.7. The lowest BCUT2D eigenvalue weighted by molar-refractivity contribution is -0.123. The number of rotatable bonds is 7. The zero-order chi connectivity index (χ0) is 19.1. The monoisotopic (exact) mass is 450 g/mol. The zero-order valence-electron chi connectivity index (χ0n) is 15.2. The fourth-order valence-electron chi connectivity index (χ4n) is 3.13. The number of halogens is 2. The lowest BCUT2D eigenvalue weighted by Crippen LogP contribution is -2.29. The maximum Gasteiger partial charge on any atom is 0.258 e. The maximum atomic E-state index is 12.0. The standard InChI is InChI=1S/C21H24BrClN2O2/c22-19-12-18(23)8-9-20(19)27-15-21(26)24-13-16-4-6-17(7-5-16)14-25-10-2-1-3-11-25/h4-9,12H,1-3,10-11,13-15H2,(H,24,26). The molecule has 3 rings (SSSR count). The minimum atomic E-state index is -0.158. The molecule has 1 aliphatic rings. The molecule has 1 fully saturated rings. The van der Waals surface area contributed by atoms with E-state index in [1.807, 2.05) is 0 Å². The van der Waals surface area contributed by atoms with Crippen LogP contribution in [0.15, 0.2) is 46.9 Å². The molecule has 0 saturated carbocycles. The Bertz CT molecular complexity index is 761. The number of carbonyl (C=O) groups excluding carboxylic acids is 1. The van der Waals surface area contributed by atoms with Gasteiger partial charge in [-0.15, -0.1) is 0 Å². The quantitative estimate of drug-likeness (QED) is 0.658. The van der Waals surface area contributed by atoms with Gasteiger partial charge in [0.25, 0.3) is 5.91 Å². The number of nitrogens with zero attached hydrogens (tertiary/aromatic N) is 1. The number of carbonyl (C=O) groups is 1. The zero-order valence-corrected chi connectivity index (χ0v) is 17.6. The van der Waals surface area contributed by atoms with Gasteiger partial charge in [-0.3, -0.25) is 9.69 Å². The van der Waals surface area contributed by atoms with E-state index < -0.39 is 0 Å². The Kier molecular flexibility index (Phi) is 7.56. The van der Waals surface area contributed by atoms with Gasteiger partial charge < -0.3 is 10.1 Å². The van der Waals surface area contributed by atoms with Crippen molar-refractivity contribution in [2.75, 3.05) is 19.7 Å². The third-order valence-electron chi connectivity index (χ3n) is 4.62. The van der Waals surface area contributed by atoms with Crippen LogP contribution in [0, 0.1) is 0 Å². The first kappa shape index (κ1) is 20.2. The van der Waals surface area contributed by atoms with E-state index >= 15 is 0 Å². The summed E-state index contributed by atoms with van der Waals surface area (Å²) in [6, 6.07) is 13.7. The fraction of sp³-hybridized carbons (Fsp3) is 0.381. The molecule has 0 bridgehead atoms. The predicted molar refractivity (Wildman–Crippen MR) is 112 cm³/mol. The summed E-state index contributed by atoms with van der Waals surface area (Å²) in [6.07, 6.45) is 3.96. The van der Waals surface area contributed by atoms with Crippen LogP contribution >= 0.6 is 27.5 Å². The van der Waals surface area contributed by atoms with Crippen LogP contribution in [-0.2, 0) is 17.9 Å². The van der Waals surface area contributed by atoms with Crippen LogP contribution in [0.4, 0.5) is 0 Å². The van der Waals surface area contributed by atoms with Crippen molar-refractivity contribution in [2.24, 2.45) is 0 Å². The highest BCUT2D eigenvalue weighted by atomic mass is 79.9. The number of hydrogen-bond donors (Lipinski definition) is 1. The van der Waals surface area contributed by atoms with E-state index in [0.29, 0.717) is 17.3 Å². The highest BCUT2D eigenvalue weighted by Gasteiger charge is 2.10. The molecule has 1 N–H and O–H groups in total. The number of amides is 1. The molecule has 1 heterocycles. The second-order valence-electron chi connectivity index (χ2n) is 6.79. The molecule has 1 saturated heterocycles. The molecule has 27 heavy (non-hydrogen) atoms. The predicted octanol–water partition coefficient (Wildman–Crippen LogP) is 4.78. The lowest BCUT2D eigenvalue weighted by atomic mass is 10.1. The number of likely N-dealkylation sites (tertiary alicyclic amines) is 1. The van der Waals surface area contributed by atoms with Gasteiger partial charge in [0.05, 0.1) is 4.47 Å². The summed E-state index contributed by atoms with van der Waals surface area (Å²) >= 11 is 9.27. The summed E-state index contributed by atoms with van der Waals surface area (Å²) in [7, 11) is 0. The third kappa shape index (κ3) is 6.52. The summed E-state index contributed by atoms with van der Waals surface area (Å²) < 4.78 is 6.25. The first-order chi connectivity index (χ1) is 13.1. The molecule has 1 aliphatic heterocycles. The average molecular weight is 452 g/mol. The fourth-order valence-corrected chi connectivity index (χ4v) is 3.92. The average Bonchev–Trinajstić information content (AvgIpc) is 2.67. The molecule has 2 aromatic rings. The largest absolute Gasteiger partial charge is 0.483 e. The first-order valence-electron chi connectivity index (χ1n) is 9.25.